The molecule has 1 heterocycles. The minimum absolute atomic E-state index is 0.455. The quantitative estimate of drug-likeness (QED) is 0.337. The molecule has 88 valence electrons. The van der Waals surface area contributed by atoms with Crippen LogP contribution in [0.5, 0.6) is 0 Å². The Morgan fingerprint density at radius 2 is 1.93 bits per heavy atom. The summed E-state index contributed by atoms with van der Waals surface area (Å²) in [6, 6.07) is -1.05. The van der Waals surface area contributed by atoms with Gasteiger partial charge in [0.2, 0.25) is 5.91 Å². The molecule has 1 saturated heterocycles. The number of nitrogens with one attached hydrogen (secondary N) is 1. The van der Waals surface area contributed by atoms with E-state index in [1.54, 1.807) is 0 Å². The molecule has 1 aliphatic heterocycles. The Labute approximate surface area is 86.3 Å². The number of aliphatic hydroxyl groups is 4. The van der Waals surface area contributed by atoms with Gasteiger partial charge in [-0.1, -0.05) is 0 Å². The maximum atomic E-state index is 10.8. The highest BCUT2D eigenvalue weighted by molar-refractivity contribution is 5.73. The maximum Gasteiger partial charge on any atom is 0.217 e. The predicted molar refractivity (Wildman–Crippen MR) is 47.6 cm³/mol. The Bertz CT molecular complexity index is 235. The molecule has 0 bridgehead atoms. The van der Waals surface area contributed by atoms with E-state index in [2.05, 4.69) is 5.32 Å². The Morgan fingerprint density at radius 3 is 2.40 bits per heavy atom. The SMILES string of the molecule is CC(=O)N[C@@H]1[C@H](O)[C@H](O)O[C@H](CO)[C@H]1O. The molecule has 0 saturated carbocycles. The lowest BCUT2D eigenvalue weighted by molar-refractivity contribution is -0.261. The van der Waals surface area contributed by atoms with E-state index in [0.29, 0.717) is 0 Å². The van der Waals surface area contributed by atoms with Gasteiger partial charge in [-0.3, -0.25) is 4.79 Å². The third kappa shape index (κ3) is 2.64. The minimum Gasteiger partial charge on any atom is -0.394 e. The molecule has 7 heteroatoms. The molecule has 5 N–H and O–H groups in total. The first-order valence-corrected chi connectivity index (χ1v) is 4.55. The van der Waals surface area contributed by atoms with E-state index in [1.165, 1.54) is 6.92 Å². The highest BCUT2D eigenvalue weighted by Crippen LogP contribution is 2.19. The zero-order chi connectivity index (χ0) is 11.6. The van der Waals surface area contributed by atoms with Crippen LogP contribution in [0.4, 0.5) is 0 Å². The van der Waals surface area contributed by atoms with Gasteiger partial charge in [0.05, 0.1) is 12.6 Å². The summed E-state index contributed by atoms with van der Waals surface area (Å²) < 4.78 is 4.73. The topological polar surface area (TPSA) is 119 Å². The minimum atomic E-state index is -1.54. The summed E-state index contributed by atoms with van der Waals surface area (Å²) >= 11 is 0. The van der Waals surface area contributed by atoms with E-state index < -0.39 is 43.2 Å². The van der Waals surface area contributed by atoms with Crippen LogP contribution in [0, 0.1) is 0 Å². The zero-order valence-corrected chi connectivity index (χ0v) is 8.20. The van der Waals surface area contributed by atoms with Gasteiger partial charge in [-0.15, -0.1) is 0 Å². The summed E-state index contributed by atoms with van der Waals surface area (Å²) in [4.78, 5) is 10.8. The van der Waals surface area contributed by atoms with Crippen molar-refractivity contribution in [2.45, 2.75) is 37.6 Å². The average molecular weight is 221 g/mol. The van der Waals surface area contributed by atoms with Crippen molar-refractivity contribution in [1.82, 2.24) is 5.32 Å². The van der Waals surface area contributed by atoms with Crippen LogP contribution >= 0.6 is 0 Å². The lowest BCUT2D eigenvalue weighted by atomic mass is 9.96. The fourth-order valence-corrected chi connectivity index (χ4v) is 1.51. The smallest absolute Gasteiger partial charge is 0.217 e. The van der Waals surface area contributed by atoms with E-state index in [4.69, 9.17) is 9.84 Å². The number of carbonyl (C=O) groups excluding carboxylic acids is 1. The van der Waals surface area contributed by atoms with Gasteiger partial charge in [0.25, 0.3) is 0 Å². The molecule has 1 rings (SSSR count). The zero-order valence-electron chi connectivity index (χ0n) is 8.20. The van der Waals surface area contributed by atoms with E-state index in [1.807, 2.05) is 0 Å². The first kappa shape index (κ1) is 12.3. The molecule has 0 spiro atoms. The van der Waals surface area contributed by atoms with Crippen molar-refractivity contribution in [1.29, 1.82) is 0 Å². The molecule has 1 amide bonds. The fraction of sp³-hybridized carbons (Fsp3) is 0.875. The second-order valence-electron chi connectivity index (χ2n) is 3.46. The summed E-state index contributed by atoms with van der Waals surface area (Å²) in [6.45, 7) is 0.705. The van der Waals surface area contributed by atoms with Gasteiger partial charge in [0.15, 0.2) is 6.29 Å². The Morgan fingerprint density at radius 1 is 1.33 bits per heavy atom. The van der Waals surface area contributed by atoms with Crippen molar-refractivity contribution in [2.24, 2.45) is 0 Å². The normalized spacial score (nSPS) is 41.3. The van der Waals surface area contributed by atoms with Gasteiger partial charge < -0.3 is 30.5 Å². The van der Waals surface area contributed by atoms with Gasteiger partial charge in [0.1, 0.15) is 18.3 Å². The van der Waals surface area contributed by atoms with Gasteiger partial charge in [0, 0.05) is 6.92 Å². The van der Waals surface area contributed by atoms with Crippen LogP contribution in [0.3, 0.4) is 0 Å². The lowest BCUT2D eigenvalue weighted by Crippen LogP contribution is -2.64. The first-order valence-electron chi connectivity index (χ1n) is 4.55. The number of amides is 1. The fourth-order valence-electron chi connectivity index (χ4n) is 1.51. The summed E-state index contributed by atoms with van der Waals surface area (Å²) in [6.07, 6.45) is -5.26. The standard InChI is InChI=1S/C8H15NO6/c1-3(11)9-5-6(12)4(2-10)15-8(14)7(5)13/h4-8,10,12-14H,2H2,1H3,(H,9,11)/t4-,5+,6-,7+,8-/m1/s1. The number of rotatable bonds is 2. The highest BCUT2D eigenvalue weighted by Gasteiger charge is 2.43. The van der Waals surface area contributed by atoms with Crippen molar-refractivity contribution in [2.75, 3.05) is 6.61 Å². The van der Waals surface area contributed by atoms with Gasteiger partial charge in [-0.2, -0.15) is 0 Å². The number of aliphatic hydroxyl groups excluding tert-OH is 4. The second-order valence-corrected chi connectivity index (χ2v) is 3.46. The molecule has 0 unspecified atom stereocenters. The average Bonchev–Trinajstić information content (AvgIpc) is 2.18. The summed E-state index contributed by atoms with van der Waals surface area (Å²) in [5.41, 5.74) is 0. The Kier molecular flexibility index (Phi) is 4.00. The van der Waals surface area contributed by atoms with Gasteiger partial charge in [-0.05, 0) is 0 Å². The first-order chi connectivity index (χ1) is 6.97. The molecule has 1 fully saturated rings. The van der Waals surface area contributed by atoms with Crippen LogP contribution in [0.25, 0.3) is 0 Å². The molecule has 7 nitrogen and oxygen atoms in total. The predicted octanol–water partition coefficient (Wildman–Crippen LogP) is -3.08. The van der Waals surface area contributed by atoms with Crippen molar-refractivity contribution in [3.63, 3.8) is 0 Å². The van der Waals surface area contributed by atoms with Crippen molar-refractivity contribution in [3.8, 4) is 0 Å². The number of hydrogen-bond acceptors (Lipinski definition) is 6. The van der Waals surface area contributed by atoms with E-state index >= 15 is 0 Å². The number of carbonyl (C=O) groups is 1. The molecule has 15 heavy (non-hydrogen) atoms. The van der Waals surface area contributed by atoms with Gasteiger partial charge in [-0.25, -0.2) is 0 Å². The van der Waals surface area contributed by atoms with Crippen LogP contribution in [-0.4, -0.2) is 63.6 Å². The summed E-state index contributed by atoms with van der Waals surface area (Å²) in [5, 5.41) is 39.4. The second kappa shape index (κ2) is 4.86. The van der Waals surface area contributed by atoms with Crippen LogP contribution in [0.2, 0.25) is 0 Å². The molecule has 0 aromatic heterocycles. The van der Waals surface area contributed by atoms with E-state index in [0.717, 1.165) is 0 Å². The Hall–Kier alpha value is -0.730. The van der Waals surface area contributed by atoms with Gasteiger partial charge >= 0.3 is 0 Å². The van der Waals surface area contributed by atoms with Crippen molar-refractivity contribution in [3.05, 3.63) is 0 Å². The maximum absolute atomic E-state index is 10.8. The van der Waals surface area contributed by atoms with Crippen LogP contribution in [0.15, 0.2) is 0 Å². The van der Waals surface area contributed by atoms with Crippen LogP contribution in [-0.2, 0) is 9.53 Å². The molecule has 0 aromatic carbocycles. The largest absolute Gasteiger partial charge is 0.394 e. The molecule has 0 aromatic rings. The molecular formula is C8H15NO6. The van der Waals surface area contributed by atoms with Crippen molar-refractivity contribution >= 4 is 5.91 Å². The number of ether oxygens (including phenoxy) is 1. The third-order valence-corrected chi connectivity index (χ3v) is 2.27. The highest BCUT2D eigenvalue weighted by atomic mass is 16.6. The monoisotopic (exact) mass is 221 g/mol. The molecule has 1 aliphatic rings. The molecule has 0 aliphatic carbocycles. The summed E-state index contributed by atoms with van der Waals surface area (Å²) in [5.74, 6) is -0.455. The third-order valence-electron chi connectivity index (χ3n) is 2.27. The molecule has 5 atom stereocenters. The van der Waals surface area contributed by atoms with E-state index in [-0.39, 0.29) is 0 Å². The Balaban J connectivity index is 2.74. The van der Waals surface area contributed by atoms with Crippen molar-refractivity contribution < 1.29 is 30.0 Å². The number of hydrogen-bond donors (Lipinski definition) is 5. The lowest BCUT2D eigenvalue weighted by Gasteiger charge is -2.40. The molecular weight excluding hydrogens is 206 g/mol. The summed E-state index contributed by atoms with van der Waals surface area (Å²) in [7, 11) is 0. The molecule has 0 radical (unpaired) electrons. The van der Waals surface area contributed by atoms with Crippen LogP contribution in [0.1, 0.15) is 6.92 Å². The van der Waals surface area contributed by atoms with Crippen LogP contribution < -0.4 is 5.32 Å². The van der Waals surface area contributed by atoms with E-state index in [9.17, 15) is 20.1 Å².